The van der Waals surface area contributed by atoms with Crippen LogP contribution in [-0.2, 0) is 4.74 Å². The smallest absolute Gasteiger partial charge is 0.0900 e. The summed E-state index contributed by atoms with van der Waals surface area (Å²) in [6, 6.07) is 0. The van der Waals surface area contributed by atoms with Gasteiger partial charge in [-0.25, -0.2) is 0 Å². The number of hydrogen-bond acceptors (Lipinski definition) is 4. The molecule has 0 aromatic heterocycles. The number of nitrogens with zero attached hydrogens (tertiary/aromatic N) is 1. The van der Waals surface area contributed by atoms with Crippen molar-refractivity contribution in [2.24, 2.45) is 5.92 Å². The first-order valence-corrected chi connectivity index (χ1v) is 6.86. The third-order valence-electron chi connectivity index (χ3n) is 3.39. The third-order valence-corrected chi connectivity index (χ3v) is 3.39. The van der Waals surface area contributed by atoms with Crippen LogP contribution in [0, 0.1) is 5.92 Å². The first kappa shape index (κ1) is 14.9. The normalized spacial score (nSPS) is 20.6. The summed E-state index contributed by atoms with van der Waals surface area (Å²) >= 11 is 0. The van der Waals surface area contributed by atoms with E-state index in [0.29, 0.717) is 6.61 Å². The molecule has 1 saturated heterocycles. The molecule has 1 fully saturated rings. The SMILES string of the molecule is CCCNCC1CCN(CC(O)COC)CC1. The van der Waals surface area contributed by atoms with Gasteiger partial charge in [-0.1, -0.05) is 6.92 Å². The summed E-state index contributed by atoms with van der Waals surface area (Å²) in [6.45, 7) is 7.90. The molecule has 0 aromatic carbocycles. The number of β-amino-alcohol motifs (C(OH)–C–C–N with tert-alkyl or cyclic N) is 1. The van der Waals surface area contributed by atoms with Crippen LogP contribution in [0.5, 0.6) is 0 Å². The fourth-order valence-electron chi connectivity index (χ4n) is 2.40. The van der Waals surface area contributed by atoms with Crippen LogP contribution < -0.4 is 5.32 Å². The van der Waals surface area contributed by atoms with Gasteiger partial charge in [0, 0.05) is 13.7 Å². The predicted molar refractivity (Wildman–Crippen MR) is 70.2 cm³/mol. The van der Waals surface area contributed by atoms with E-state index in [4.69, 9.17) is 4.74 Å². The fourth-order valence-corrected chi connectivity index (χ4v) is 2.40. The number of likely N-dealkylation sites (tertiary alicyclic amines) is 1. The lowest BCUT2D eigenvalue weighted by atomic mass is 9.96. The van der Waals surface area contributed by atoms with E-state index < -0.39 is 0 Å². The second kappa shape index (κ2) is 8.86. The van der Waals surface area contributed by atoms with Crippen molar-refractivity contribution in [2.75, 3.05) is 46.4 Å². The molecular formula is C13H28N2O2. The van der Waals surface area contributed by atoms with Crippen LogP contribution in [0.1, 0.15) is 26.2 Å². The number of hydrogen-bond donors (Lipinski definition) is 2. The maximum atomic E-state index is 9.66. The first-order chi connectivity index (χ1) is 8.26. The topological polar surface area (TPSA) is 44.7 Å². The molecule has 1 rings (SSSR count). The molecule has 102 valence electrons. The Kier molecular flexibility index (Phi) is 7.77. The first-order valence-electron chi connectivity index (χ1n) is 6.86. The Labute approximate surface area is 105 Å². The highest BCUT2D eigenvalue weighted by Gasteiger charge is 2.20. The van der Waals surface area contributed by atoms with Gasteiger partial charge in [-0.15, -0.1) is 0 Å². The highest BCUT2D eigenvalue weighted by atomic mass is 16.5. The molecule has 0 spiro atoms. The predicted octanol–water partition coefficient (Wildman–Crippen LogP) is 0.705. The zero-order chi connectivity index (χ0) is 12.5. The second-order valence-electron chi connectivity index (χ2n) is 5.06. The van der Waals surface area contributed by atoms with Gasteiger partial charge in [-0.05, 0) is 51.4 Å². The van der Waals surface area contributed by atoms with Gasteiger partial charge in [0.1, 0.15) is 0 Å². The Hall–Kier alpha value is -0.160. The minimum absolute atomic E-state index is 0.338. The summed E-state index contributed by atoms with van der Waals surface area (Å²) < 4.78 is 4.95. The van der Waals surface area contributed by atoms with Gasteiger partial charge in [0.25, 0.3) is 0 Å². The van der Waals surface area contributed by atoms with Crippen LogP contribution >= 0.6 is 0 Å². The van der Waals surface area contributed by atoms with E-state index >= 15 is 0 Å². The van der Waals surface area contributed by atoms with Gasteiger partial charge in [0.15, 0.2) is 0 Å². The summed E-state index contributed by atoms with van der Waals surface area (Å²) in [5, 5.41) is 13.2. The molecule has 4 heteroatoms. The molecule has 1 heterocycles. The average Bonchev–Trinajstić information content (AvgIpc) is 2.32. The zero-order valence-electron chi connectivity index (χ0n) is 11.3. The third kappa shape index (κ3) is 6.36. The van der Waals surface area contributed by atoms with Crippen molar-refractivity contribution in [3.05, 3.63) is 0 Å². The molecule has 0 bridgehead atoms. The van der Waals surface area contributed by atoms with E-state index in [1.165, 1.54) is 19.3 Å². The minimum atomic E-state index is -0.338. The van der Waals surface area contributed by atoms with Crippen molar-refractivity contribution in [3.8, 4) is 0 Å². The molecule has 0 aromatic rings. The second-order valence-corrected chi connectivity index (χ2v) is 5.06. The van der Waals surface area contributed by atoms with Crippen LogP contribution in [0.3, 0.4) is 0 Å². The number of ether oxygens (including phenoxy) is 1. The molecule has 0 amide bonds. The van der Waals surface area contributed by atoms with Crippen molar-refractivity contribution in [2.45, 2.75) is 32.3 Å². The maximum Gasteiger partial charge on any atom is 0.0900 e. The zero-order valence-corrected chi connectivity index (χ0v) is 11.3. The molecule has 0 aliphatic carbocycles. The number of methoxy groups -OCH3 is 1. The lowest BCUT2D eigenvalue weighted by molar-refractivity contribution is 0.0293. The van der Waals surface area contributed by atoms with Crippen molar-refractivity contribution in [3.63, 3.8) is 0 Å². The average molecular weight is 244 g/mol. The van der Waals surface area contributed by atoms with Gasteiger partial charge >= 0.3 is 0 Å². The highest BCUT2D eigenvalue weighted by molar-refractivity contribution is 4.75. The van der Waals surface area contributed by atoms with Crippen LogP contribution in [0.4, 0.5) is 0 Å². The van der Waals surface area contributed by atoms with Gasteiger partial charge in [-0.3, -0.25) is 0 Å². The molecule has 2 N–H and O–H groups in total. The highest BCUT2D eigenvalue weighted by Crippen LogP contribution is 2.16. The number of aliphatic hydroxyl groups is 1. The molecule has 1 aliphatic heterocycles. The van der Waals surface area contributed by atoms with Crippen LogP contribution in [-0.4, -0.2) is 62.6 Å². The summed E-state index contributed by atoms with van der Waals surface area (Å²) in [6.07, 6.45) is 3.37. The van der Waals surface area contributed by atoms with E-state index in [0.717, 1.165) is 38.6 Å². The van der Waals surface area contributed by atoms with Crippen molar-refractivity contribution < 1.29 is 9.84 Å². The Morgan fingerprint density at radius 1 is 1.41 bits per heavy atom. The summed E-state index contributed by atoms with van der Waals surface area (Å²) in [4.78, 5) is 2.35. The van der Waals surface area contributed by atoms with Gasteiger partial charge in [0.05, 0.1) is 12.7 Å². The van der Waals surface area contributed by atoms with Gasteiger partial charge in [0.2, 0.25) is 0 Å². The monoisotopic (exact) mass is 244 g/mol. The Morgan fingerprint density at radius 3 is 2.71 bits per heavy atom. The Bertz CT molecular complexity index is 182. The number of nitrogens with one attached hydrogen (secondary N) is 1. The van der Waals surface area contributed by atoms with Crippen molar-refractivity contribution in [1.82, 2.24) is 10.2 Å². The molecule has 0 saturated carbocycles. The van der Waals surface area contributed by atoms with Crippen molar-refractivity contribution >= 4 is 0 Å². The standard InChI is InChI=1S/C13H28N2O2/c1-3-6-14-9-12-4-7-15(8-5-12)10-13(16)11-17-2/h12-14,16H,3-11H2,1-2H3. The minimum Gasteiger partial charge on any atom is -0.389 e. The van der Waals surface area contributed by atoms with E-state index in [2.05, 4.69) is 17.1 Å². The molecular weight excluding hydrogens is 216 g/mol. The van der Waals surface area contributed by atoms with E-state index in [9.17, 15) is 5.11 Å². The summed E-state index contributed by atoms with van der Waals surface area (Å²) in [5.41, 5.74) is 0. The summed E-state index contributed by atoms with van der Waals surface area (Å²) in [5.74, 6) is 0.817. The molecule has 4 nitrogen and oxygen atoms in total. The molecule has 0 radical (unpaired) electrons. The van der Waals surface area contributed by atoms with Gasteiger partial charge < -0.3 is 20.1 Å². The van der Waals surface area contributed by atoms with Crippen molar-refractivity contribution in [1.29, 1.82) is 0 Å². The molecule has 1 unspecified atom stereocenters. The maximum absolute atomic E-state index is 9.66. The number of rotatable bonds is 8. The Morgan fingerprint density at radius 2 is 2.12 bits per heavy atom. The quantitative estimate of drug-likeness (QED) is 0.617. The molecule has 1 atom stereocenters. The lowest BCUT2D eigenvalue weighted by Crippen LogP contribution is -2.42. The lowest BCUT2D eigenvalue weighted by Gasteiger charge is -2.33. The number of aliphatic hydroxyl groups excluding tert-OH is 1. The fraction of sp³-hybridized carbons (Fsp3) is 1.00. The molecule has 17 heavy (non-hydrogen) atoms. The van der Waals surface area contributed by atoms with Crippen LogP contribution in [0.15, 0.2) is 0 Å². The van der Waals surface area contributed by atoms with Gasteiger partial charge in [-0.2, -0.15) is 0 Å². The summed E-state index contributed by atoms with van der Waals surface area (Å²) in [7, 11) is 1.63. The van der Waals surface area contributed by atoms with E-state index in [-0.39, 0.29) is 6.10 Å². The van der Waals surface area contributed by atoms with E-state index in [1.54, 1.807) is 7.11 Å². The number of piperidine rings is 1. The van der Waals surface area contributed by atoms with Crippen LogP contribution in [0.25, 0.3) is 0 Å². The Balaban J connectivity index is 2.08. The van der Waals surface area contributed by atoms with Crippen LogP contribution in [0.2, 0.25) is 0 Å². The largest absolute Gasteiger partial charge is 0.389 e. The van der Waals surface area contributed by atoms with E-state index in [1.807, 2.05) is 0 Å². The molecule has 1 aliphatic rings.